The fourth-order valence-corrected chi connectivity index (χ4v) is 2.02. The van der Waals surface area contributed by atoms with E-state index in [0.29, 0.717) is 5.75 Å². The van der Waals surface area contributed by atoms with Gasteiger partial charge in [0, 0.05) is 17.1 Å². The fraction of sp³-hybridized carbons (Fsp3) is 0.333. The van der Waals surface area contributed by atoms with Crippen molar-refractivity contribution >= 4 is 23.6 Å². The summed E-state index contributed by atoms with van der Waals surface area (Å²) in [5.74, 6) is -1.15. The van der Waals surface area contributed by atoms with Crippen LogP contribution in [0.4, 0.5) is 4.39 Å². The number of benzene rings is 1. The van der Waals surface area contributed by atoms with Gasteiger partial charge < -0.3 is 10.4 Å². The first-order valence-electron chi connectivity index (χ1n) is 5.39. The maximum Gasteiger partial charge on any atom is 0.325 e. The number of hydrogen-bond acceptors (Lipinski definition) is 3. The minimum absolute atomic E-state index is 0.222. The Labute approximate surface area is 109 Å². The van der Waals surface area contributed by atoms with Crippen LogP contribution in [0.25, 0.3) is 0 Å². The lowest BCUT2D eigenvalue weighted by atomic mass is 10.3. The molecule has 0 fully saturated rings. The van der Waals surface area contributed by atoms with E-state index < -0.39 is 12.0 Å². The second kappa shape index (κ2) is 7.00. The lowest BCUT2D eigenvalue weighted by Crippen LogP contribution is -2.38. The minimum Gasteiger partial charge on any atom is -0.480 e. The molecule has 0 aromatic heterocycles. The van der Waals surface area contributed by atoms with Crippen LogP contribution in [0, 0.1) is 5.82 Å². The maximum absolute atomic E-state index is 12.6. The van der Waals surface area contributed by atoms with Gasteiger partial charge in [-0.25, -0.2) is 4.39 Å². The highest BCUT2D eigenvalue weighted by Crippen LogP contribution is 2.18. The second-order valence-corrected chi connectivity index (χ2v) is 4.85. The lowest BCUT2D eigenvalue weighted by Gasteiger charge is -2.08. The maximum atomic E-state index is 12.6. The Hall–Kier alpha value is -1.56. The van der Waals surface area contributed by atoms with Gasteiger partial charge in [0.05, 0.1) is 0 Å². The van der Waals surface area contributed by atoms with Crippen molar-refractivity contribution in [3.8, 4) is 0 Å². The zero-order valence-electron chi connectivity index (χ0n) is 9.85. The molecule has 6 heteroatoms. The highest BCUT2D eigenvalue weighted by Gasteiger charge is 2.13. The summed E-state index contributed by atoms with van der Waals surface area (Å²) in [6.07, 6.45) is 0.222. The number of thioether (sulfide) groups is 1. The number of amides is 1. The molecular weight excluding hydrogens is 257 g/mol. The molecule has 1 aromatic rings. The number of aliphatic carboxylic acids is 1. The molecule has 0 spiro atoms. The molecule has 1 rings (SSSR count). The van der Waals surface area contributed by atoms with Gasteiger partial charge in [0.15, 0.2) is 0 Å². The first-order valence-corrected chi connectivity index (χ1v) is 6.38. The molecule has 0 aliphatic heterocycles. The Bertz CT molecular complexity index is 422. The summed E-state index contributed by atoms with van der Waals surface area (Å²) in [7, 11) is 0. The number of carbonyl (C=O) groups excluding carboxylic acids is 1. The van der Waals surface area contributed by atoms with Gasteiger partial charge in [-0.2, -0.15) is 0 Å². The quantitative estimate of drug-likeness (QED) is 0.775. The van der Waals surface area contributed by atoms with Gasteiger partial charge in [-0.15, -0.1) is 11.8 Å². The van der Waals surface area contributed by atoms with Crippen molar-refractivity contribution in [2.45, 2.75) is 24.3 Å². The van der Waals surface area contributed by atoms with Crippen LogP contribution in [0.15, 0.2) is 29.2 Å². The van der Waals surface area contributed by atoms with Gasteiger partial charge in [-0.3, -0.25) is 9.59 Å². The molecule has 4 nitrogen and oxygen atoms in total. The molecule has 1 atom stereocenters. The van der Waals surface area contributed by atoms with Crippen molar-refractivity contribution in [3.05, 3.63) is 30.1 Å². The monoisotopic (exact) mass is 271 g/mol. The summed E-state index contributed by atoms with van der Waals surface area (Å²) in [5.41, 5.74) is 0. The molecule has 0 aliphatic carbocycles. The zero-order chi connectivity index (χ0) is 13.5. The average molecular weight is 271 g/mol. The Balaban J connectivity index is 2.27. The minimum atomic E-state index is -1.06. The molecule has 0 heterocycles. The van der Waals surface area contributed by atoms with E-state index in [-0.39, 0.29) is 18.1 Å². The van der Waals surface area contributed by atoms with E-state index in [1.165, 1.54) is 30.8 Å². The van der Waals surface area contributed by atoms with Crippen LogP contribution in [-0.4, -0.2) is 28.8 Å². The molecule has 1 aromatic carbocycles. The van der Waals surface area contributed by atoms with Crippen molar-refractivity contribution < 1.29 is 19.1 Å². The third-order valence-corrected chi connectivity index (χ3v) is 3.17. The smallest absolute Gasteiger partial charge is 0.325 e. The average Bonchev–Trinajstić information content (AvgIpc) is 2.31. The predicted octanol–water partition coefficient (Wildman–Crippen LogP) is 1.90. The normalized spacial score (nSPS) is 11.9. The van der Waals surface area contributed by atoms with E-state index in [9.17, 15) is 14.0 Å². The van der Waals surface area contributed by atoms with Crippen LogP contribution in [0.5, 0.6) is 0 Å². The number of carboxylic acids is 1. The molecule has 2 N–H and O–H groups in total. The number of hydrogen-bond donors (Lipinski definition) is 2. The van der Waals surface area contributed by atoms with Gasteiger partial charge in [0.2, 0.25) is 5.91 Å². The molecule has 0 unspecified atom stereocenters. The van der Waals surface area contributed by atoms with E-state index >= 15 is 0 Å². The highest BCUT2D eigenvalue weighted by atomic mass is 32.2. The van der Waals surface area contributed by atoms with E-state index in [4.69, 9.17) is 5.11 Å². The third kappa shape index (κ3) is 5.18. The molecule has 98 valence electrons. The fourth-order valence-electron chi connectivity index (χ4n) is 1.17. The van der Waals surface area contributed by atoms with E-state index in [0.717, 1.165) is 4.90 Å². The summed E-state index contributed by atoms with van der Waals surface area (Å²) in [4.78, 5) is 22.7. The summed E-state index contributed by atoms with van der Waals surface area (Å²) in [5, 5.41) is 11.0. The number of rotatable bonds is 6. The van der Waals surface area contributed by atoms with E-state index in [2.05, 4.69) is 5.32 Å². The van der Waals surface area contributed by atoms with Crippen LogP contribution in [-0.2, 0) is 9.59 Å². The topological polar surface area (TPSA) is 66.4 Å². The Morgan fingerprint density at radius 1 is 1.39 bits per heavy atom. The number of carbonyl (C=O) groups is 2. The van der Waals surface area contributed by atoms with Gasteiger partial charge in [-0.05, 0) is 31.2 Å². The highest BCUT2D eigenvalue weighted by molar-refractivity contribution is 7.99. The van der Waals surface area contributed by atoms with Crippen LogP contribution in [0.3, 0.4) is 0 Å². The number of nitrogens with one attached hydrogen (secondary N) is 1. The summed E-state index contributed by atoms with van der Waals surface area (Å²) in [6.45, 7) is 1.41. The Kier molecular flexibility index (Phi) is 5.64. The van der Waals surface area contributed by atoms with Crippen molar-refractivity contribution in [2.24, 2.45) is 0 Å². The third-order valence-electron chi connectivity index (χ3n) is 2.16. The first-order chi connectivity index (χ1) is 8.49. The molecule has 0 aliphatic rings. The second-order valence-electron chi connectivity index (χ2n) is 3.68. The van der Waals surface area contributed by atoms with Gasteiger partial charge in [0.1, 0.15) is 11.9 Å². The number of halogens is 1. The lowest BCUT2D eigenvalue weighted by molar-refractivity contribution is -0.141. The zero-order valence-corrected chi connectivity index (χ0v) is 10.7. The van der Waals surface area contributed by atoms with Crippen molar-refractivity contribution in [1.29, 1.82) is 0 Å². The molecule has 0 bridgehead atoms. The van der Waals surface area contributed by atoms with E-state index in [1.54, 1.807) is 12.1 Å². The summed E-state index contributed by atoms with van der Waals surface area (Å²) < 4.78 is 12.6. The largest absolute Gasteiger partial charge is 0.480 e. The van der Waals surface area contributed by atoms with Crippen molar-refractivity contribution in [1.82, 2.24) is 5.32 Å². The first kappa shape index (κ1) is 14.5. The standard InChI is InChI=1S/C12H14FNO3S/c1-8(12(16)17)14-11(15)6-7-18-10-4-2-9(13)3-5-10/h2-5,8H,6-7H2,1H3,(H,14,15)(H,16,17)/t8-/m1/s1. The van der Waals surface area contributed by atoms with E-state index in [1.807, 2.05) is 0 Å². The Morgan fingerprint density at radius 3 is 2.56 bits per heavy atom. The summed E-state index contributed by atoms with van der Waals surface area (Å²) >= 11 is 1.42. The van der Waals surface area contributed by atoms with Gasteiger partial charge >= 0.3 is 5.97 Å². The molecule has 0 saturated carbocycles. The van der Waals surface area contributed by atoms with Crippen LogP contribution in [0.1, 0.15) is 13.3 Å². The predicted molar refractivity (Wildman–Crippen MR) is 67.0 cm³/mol. The Morgan fingerprint density at radius 2 is 2.00 bits per heavy atom. The van der Waals surface area contributed by atoms with Crippen LogP contribution < -0.4 is 5.32 Å². The molecular formula is C12H14FNO3S. The van der Waals surface area contributed by atoms with Crippen LogP contribution >= 0.6 is 11.8 Å². The van der Waals surface area contributed by atoms with Gasteiger partial charge in [0.25, 0.3) is 0 Å². The number of carboxylic acid groups (broad SMARTS) is 1. The van der Waals surface area contributed by atoms with Crippen molar-refractivity contribution in [2.75, 3.05) is 5.75 Å². The molecule has 1 amide bonds. The SMILES string of the molecule is C[C@@H](NC(=O)CCSc1ccc(F)cc1)C(=O)O. The van der Waals surface area contributed by atoms with Crippen molar-refractivity contribution in [3.63, 3.8) is 0 Å². The summed E-state index contributed by atoms with van der Waals surface area (Å²) in [6, 6.07) is 5.10. The van der Waals surface area contributed by atoms with Crippen LogP contribution in [0.2, 0.25) is 0 Å². The molecule has 18 heavy (non-hydrogen) atoms. The van der Waals surface area contributed by atoms with Gasteiger partial charge in [-0.1, -0.05) is 0 Å². The molecule has 0 saturated heterocycles. The molecule has 0 radical (unpaired) electrons.